The van der Waals surface area contributed by atoms with Crippen LogP contribution in [0.4, 0.5) is 10.1 Å². The fraction of sp³-hybridized carbons (Fsp3) is 0.418. The Morgan fingerprint density at radius 3 is 2.32 bits per heavy atom. The Bertz CT molecular complexity index is 3120. The van der Waals surface area contributed by atoms with E-state index in [-0.39, 0.29) is 62.2 Å². The molecule has 74 heavy (non-hydrogen) atoms. The standard InChI is InChI=1S/C55H62ClFN10O5S2/c1-28-31(4)74-54-47(28)48(35-14-16-37(56)17-15-35)62-43(51-65-64-32(5)67(51)54)25-46(70)61-41-22-40(23-41)60-39-20-33(19-38(57)21-39)9-18-45(69)63-50(55(6,7)8)53(72)66-26-42(68)24-44(66)52(71)59-29(2)34-10-12-36(13-11-34)49-30(3)58-27-73-49/h10-17,19-21,27,29,40-44,50,60,68H,9,18,22-26H2,1-8H3,(H,59,71)(H,61,70)(H,63,69)/p+1/t29-,40?,41?,42+,43-,44-,50+/m0/s1. The molecule has 0 spiro atoms. The monoisotopic (exact) mass is 1060 g/mol. The van der Waals surface area contributed by atoms with Gasteiger partial charge >= 0.3 is 0 Å². The minimum absolute atomic E-state index is 0.0248. The highest BCUT2D eigenvalue weighted by atomic mass is 35.5. The fourth-order valence-electron chi connectivity index (χ4n) is 10.1. The van der Waals surface area contributed by atoms with E-state index in [4.69, 9.17) is 16.6 Å². The van der Waals surface area contributed by atoms with Crippen LogP contribution in [0, 0.1) is 38.9 Å². The van der Waals surface area contributed by atoms with Crippen LogP contribution in [0.5, 0.6) is 0 Å². The van der Waals surface area contributed by atoms with Crippen LogP contribution in [0.25, 0.3) is 15.4 Å². The highest BCUT2D eigenvalue weighted by molar-refractivity contribution is 7.15. The summed E-state index contributed by atoms with van der Waals surface area (Å²) >= 11 is 9.54. The number of halogens is 2. The minimum Gasteiger partial charge on any atom is -0.391 e. The van der Waals surface area contributed by atoms with Crippen LogP contribution in [0.15, 0.2) is 77.2 Å². The lowest BCUT2D eigenvalue weighted by Gasteiger charge is -2.37. The maximum absolute atomic E-state index is 15.1. The van der Waals surface area contributed by atoms with Crippen LogP contribution in [-0.2, 0) is 25.6 Å². The molecule has 0 unspecified atom stereocenters. The number of rotatable bonds is 15. The Kier molecular flexibility index (Phi) is 15.2. The van der Waals surface area contributed by atoms with Gasteiger partial charge in [-0.1, -0.05) is 80.1 Å². The minimum atomic E-state index is -1.01. The second-order valence-corrected chi connectivity index (χ2v) is 23.5. The number of likely N-dealkylation sites (tertiary alicyclic amines) is 1. The van der Waals surface area contributed by atoms with Crippen molar-refractivity contribution in [3.8, 4) is 15.4 Å². The Balaban J connectivity index is 0.779. The Morgan fingerprint density at radius 2 is 1.64 bits per heavy atom. The number of carbonyl (C=O) groups is 4. The first-order chi connectivity index (χ1) is 35.2. The maximum atomic E-state index is 15.1. The Morgan fingerprint density at radius 1 is 0.919 bits per heavy atom. The lowest BCUT2D eigenvalue weighted by Crippen LogP contribution is -2.57. The van der Waals surface area contributed by atoms with Gasteiger partial charge in [-0.2, -0.15) is 0 Å². The third-order valence-electron chi connectivity index (χ3n) is 14.3. The molecule has 3 aliphatic rings. The van der Waals surface area contributed by atoms with E-state index in [1.165, 1.54) is 17.0 Å². The van der Waals surface area contributed by atoms with Gasteiger partial charge in [0.25, 0.3) is 0 Å². The SMILES string of the molecule is Cc1[nH+]csc1-c1ccc([C@H](C)NC(=O)[C@@H]2C[C@@H](O)CN2C(=O)[C@@H](NC(=O)CCc2cc(F)cc(NC3CC(NC(=O)C[C@@H]4N=C(c5ccc(Cl)cc5)c5c(sc(C)c5C)-n5c(C)nnc54)C3)c2)C(C)(C)C)cc1. The number of hydrogen-bond acceptors (Lipinski definition) is 11. The van der Waals surface area contributed by atoms with Crippen LogP contribution in [0.2, 0.25) is 5.02 Å². The predicted molar refractivity (Wildman–Crippen MR) is 286 cm³/mol. The van der Waals surface area contributed by atoms with E-state index in [1.807, 2.05) is 106 Å². The van der Waals surface area contributed by atoms with Gasteiger partial charge in [-0.15, -0.1) is 21.5 Å². The van der Waals surface area contributed by atoms with E-state index in [9.17, 15) is 24.3 Å². The topological polar surface area (TPSA) is 197 Å². The van der Waals surface area contributed by atoms with Crippen LogP contribution >= 0.6 is 34.3 Å². The predicted octanol–water partition coefficient (Wildman–Crippen LogP) is 8.24. The molecular weight excluding hydrogens is 999 g/mol. The average molecular weight is 1060 g/mol. The molecule has 1 saturated carbocycles. The summed E-state index contributed by atoms with van der Waals surface area (Å²) in [5.41, 5.74) is 9.14. The first-order valence-electron chi connectivity index (χ1n) is 25.1. The van der Waals surface area contributed by atoms with Crippen LogP contribution in [0.1, 0.15) is 122 Å². The van der Waals surface area contributed by atoms with Crippen LogP contribution < -0.4 is 26.3 Å². The number of H-pyrrole nitrogens is 1. The third-order valence-corrected chi connectivity index (χ3v) is 16.8. The lowest BCUT2D eigenvalue weighted by molar-refractivity contribution is -0.379. The molecule has 1 saturated heterocycles. The number of thiophene rings is 1. The molecule has 9 rings (SSSR count). The number of aliphatic hydroxyl groups excluding tert-OH is 1. The number of amides is 4. The van der Waals surface area contributed by atoms with E-state index in [2.05, 4.69) is 50.3 Å². The van der Waals surface area contributed by atoms with Gasteiger partial charge in [0.05, 0.1) is 24.3 Å². The van der Waals surface area contributed by atoms with Gasteiger partial charge in [0, 0.05) is 65.1 Å². The highest BCUT2D eigenvalue weighted by Crippen LogP contribution is 2.40. The largest absolute Gasteiger partial charge is 0.391 e. The number of anilines is 1. The summed E-state index contributed by atoms with van der Waals surface area (Å²) in [5, 5.41) is 33.8. The number of β-amino-alcohol motifs (C(OH)–C–C–N with tert-alkyl or cyclic N) is 1. The summed E-state index contributed by atoms with van der Waals surface area (Å²) in [4.78, 5) is 67.5. The molecule has 0 bridgehead atoms. The summed E-state index contributed by atoms with van der Waals surface area (Å²) < 4.78 is 17.1. The van der Waals surface area contributed by atoms with Crippen molar-refractivity contribution in [2.45, 2.75) is 136 Å². The van der Waals surface area contributed by atoms with Crippen molar-refractivity contribution < 1.29 is 33.7 Å². The van der Waals surface area contributed by atoms with E-state index >= 15 is 4.39 Å². The second kappa shape index (κ2) is 21.5. The van der Waals surface area contributed by atoms with Gasteiger partial charge in [-0.05, 0) is 105 Å². The summed E-state index contributed by atoms with van der Waals surface area (Å²) in [7, 11) is 0. The molecule has 1 aliphatic carbocycles. The van der Waals surface area contributed by atoms with Crippen molar-refractivity contribution in [3.05, 3.63) is 133 Å². The number of benzene rings is 3. The quantitative estimate of drug-likeness (QED) is 0.0678. The summed E-state index contributed by atoms with van der Waals surface area (Å²) in [6.07, 6.45) is 0.641. The van der Waals surface area contributed by atoms with Crippen molar-refractivity contribution >= 4 is 69.3 Å². The first kappa shape index (κ1) is 52.5. The molecule has 5 atom stereocenters. The summed E-state index contributed by atoms with van der Waals surface area (Å²) in [5.74, 6) is -0.569. The molecule has 388 valence electrons. The molecule has 6 N–H and O–H groups in total. The van der Waals surface area contributed by atoms with Gasteiger partial charge in [0.1, 0.15) is 39.6 Å². The molecule has 4 amide bonds. The molecule has 15 nitrogen and oxygen atoms in total. The lowest BCUT2D eigenvalue weighted by atomic mass is 9.85. The van der Waals surface area contributed by atoms with Gasteiger partial charge < -0.3 is 31.3 Å². The zero-order chi connectivity index (χ0) is 52.7. The maximum Gasteiger partial charge on any atom is 0.246 e. The van der Waals surface area contributed by atoms with Gasteiger partial charge in [-0.25, -0.2) is 9.37 Å². The third kappa shape index (κ3) is 11.3. The number of aliphatic imine (C=N–C) groups is 1. The first-order valence-corrected chi connectivity index (χ1v) is 27.1. The molecule has 2 aliphatic heterocycles. The number of thiazole rings is 1. The van der Waals surface area contributed by atoms with Crippen molar-refractivity contribution in [2.75, 3.05) is 11.9 Å². The summed E-state index contributed by atoms with van der Waals surface area (Å²) in [6.45, 7) is 15.4. The molecule has 19 heteroatoms. The molecule has 6 aromatic rings. The summed E-state index contributed by atoms with van der Waals surface area (Å²) in [6, 6.07) is 17.1. The van der Waals surface area contributed by atoms with E-state index < -0.39 is 47.3 Å². The number of carbonyl (C=O) groups excluding carboxylic acids is 4. The van der Waals surface area contributed by atoms with Gasteiger partial charge in [0.15, 0.2) is 11.5 Å². The van der Waals surface area contributed by atoms with Crippen molar-refractivity contribution in [1.82, 2.24) is 35.6 Å². The van der Waals surface area contributed by atoms with E-state index in [0.29, 0.717) is 40.8 Å². The smallest absolute Gasteiger partial charge is 0.246 e. The van der Waals surface area contributed by atoms with E-state index in [0.717, 1.165) is 54.0 Å². The zero-order valence-electron chi connectivity index (χ0n) is 42.8. The molecular formula is C55H63ClFN10O5S2+. The number of aryl methyl sites for hydroxylation is 4. The Labute approximate surface area is 443 Å². The zero-order valence-corrected chi connectivity index (χ0v) is 45.2. The number of nitrogens with zero attached hydrogens (tertiary/aromatic N) is 5. The normalized spacial score (nSPS) is 20.1. The number of nitrogens with one attached hydrogen (secondary N) is 5. The Hall–Kier alpha value is -6.34. The van der Waals surface area contributed by atoms with Crippen molar-refractivity contribution in [3.63, 3.8) is 0 Å². The second-order valence-electron chi connectivity index (χ2n) is 21.0. The molecule has 2 fully saturated rings. The number of hydrogen-bond donors (Lipinski definition) is 5. The van der Waals surface area contributed by atoms with Crippen LogP contribution in [0.3, 0.4) is 0 Å². The molecule has 3 aromatic heterocycles. The number of aliphatic hydroxyl groups is 1. The fourth-order valence-corrected chi connectivity index (χ4v) is 12.3. The molecule has 5 heterocycles. The van der Waals surface area contributed by atoms with Gasteiger partial charge in [0.2, 0.25) is 29.1 Å². The van der Waals surface area contributed by atoms with E-state index in [1.54, 1.807) is 22.7 Å². The number of fused-ring (bicyclic) bond motifs is 3. The molecule has 0 radical (unpaired) electrons. The van der Waals surface area contributed by atoms with Gasteiger partial charge in [-0.3, -0.25) is 28.7 Å². The van der Waals surface area contributed by atoms with Crippen molar-refractivity contribution in [2.24, 2.45) is 10.4 Å². The number of aromatic nitrogens is 4. The molecule has 3 aromatic carbocycles. The number of aromatic amines is 1. The highest BCUT2D eigenvalue weighted by Gasteiger charge is 2.45. The van der Waals surface area contributed by atoms with Crippen LogP contribution in [-0.4, -0.2) is 90.9 Å². The average Bonchev–Trinajstić information content (AvgIpc) is 4.11. The van der Waals surface area contributed by atoms with Crippen molar-refractivity contribution in [1.29, 1.82) is 0 Å².